The highest BCUT2D eigenvalue weighted by atomic mass is 79.9. The van der Waals surface area contributed by atoms with Crippen LogP contribution in [0.5, 0.6) is 11.5 Å². The summed E-state index contributed by atoms with van der Waals surface area (Å²) in [6, 6.07) is 15.2. The van der Waals surface area contributed by atoms with Crippen LogP contribution in [0.25, 0.3) is 6.08 Å². The van der Waals surface area contributed by atoms with Crippen molar-refractivity contribution in [2.24, 2.45) is 0 Å². The van der Waals surface area contributed by atoms with E-state index in [1.807, 2.05) is 0 Å². The zero-order chi connectivity index (χ0) is 26.0. The van der Waals surface area contributed by atoms with E-state index in [1.54, 1.807) is 42.5 Å². The molecule has 0 bridgehead atoms. The maximum Gasteiger partial charge on any atom is 0.416 e. The molecule has 1 aliphatic heterocycles. The number of carbonyl (C=O) groups excluding carboxylic acids is 2. The van der Waals surface area contributed by atoms with Crippen molar-refractivity contribution in [2.75, 3.05) is 0 Å². The minimum atomic E-state index is -4.76. The summed E-state index contributed by atoms with van der Waals surface area (Å²) in [5, 5.41) is 10.9. The quantitative estimate of drug-likeness (QED) is 0.172. The molecule has 36 heavy (non-hydrogen) atoms. The minimum absolute atomic E-state index is 0.0556. The molecule has 0 unspecified atom stereocenters. The van der Waals surface area contributed by atoms with Crippen molar-refractivity contribution in [3.8, 4) is 11.5 Å². The number of amides is 2. The lowest BCUT2D eigenvalue weighted by atomic mass is 10.1. The SMILES string of the molecule is O=C1S/C(=C/c2ccccc2Oc2ccc(C(F)(F)F)cc2[N+](=O)[O-])C(=O)N1Cc1ccc(Br)cc1. The first-order chi connectivity index (χ1) is 17.0. The van der Waals surface area contributed by atoms with Gasteiger partial charge in [-0.2, -0.15) is 13.2 Å². The summed E-state index contributed by atoms with van der Waals surface area (Å²) >= 11 is 4.05. The van der Waals surface area contributed by atoms with E-state index in [4.69, 9.17) is 4.74 Å². The molecule has 0 N–H and O–H groups in total. The Hall–Kier alpha value is -3.64. The van der Waals surface area contributed by atoms with Gasteiger partial charge in [-0.3, -0.25) is 24.6 Å². The van der Waals surface area contributed by atoms with E-state index < -0.39 is 39.2 Å². The molecular weight excluding hydrogens is 565 g/mol. The Morgan fingerprint density at radius 2 is 1.72 bits per heavy atom. The smallest absolute Gasteiger partial charge is 0.416 e. The van der Waals surface area contributed by atoms with Crippen LogP contribution in [0.1, 0.15) is 16.7 Å². The molecule has 184 valence electrons. The van der Waals surface area contributed by atoms with Gasteiger partial charge >= 0.3 is 11.9 Å². The first-order valence-electron chi connectivity index (χ1n) is 10.2. The largest absolute Gasteiger partial charge is 0.449 e. The Morgan fingerprint density at radius 3 is 2.39 bits per heavy atom. The van der Waals surface area contributed by atoms with Crippen molar-refractivity contribution in [2.45, 2.75) is 12.7 Å². The molecule has 3 aromatic carbocycles. The summed E-state index contributed by atoms with van der Waals surface area (Å²) in [6.45, 7) is 0.0746. The Labute approximate surface area is 214 Å². The van der Waals surface area contributed by atoms with Gasteiger partial charge in [0.15, 0.2) is 0 Å². The Balaban J connectivity index is 1.62. The van der Waals surface area contributed by atoms with E-state index in [-0.39, 0.29) is 17.2 Å². The number of alkyl halides is 3. The molecule has 4 rings (SSSR count). The Bertz CT molecular complexity index is 1390. The number of para-hydroxylation sites is 1. The summed E-state index contributed by atoms with van der Waals surface area (Å²) in [5.41, 5.74) is -0.996. The van der Waals surface area contributed by atoms with Crippen molar-refractivity contribution < 1.29 is 32.4 Å². The lowest BCUT2D eigenvalue weighted by Gasteiger charge is -2.13. The molecule has 0 aromatic heterocycles. The lowest BCUT2D eigenvalue weighted by molar-refractivity contribution is -0.385. The molecule has 0 radical (unpaired) electrons. The fraction of sp³-hybridized carbons (Fsp3) is 0.0833. The van der Waals surface area contributed by atoms with Gasteiger partial charge in [-0.25, -0.2) is 0 Å². The van der Waals surface area contributed by atoms with E-state index in [9.17, 15) is 32.9 Å². The highest BCUT2D eigenvalue weighted by Crippen LogP contribution is 2.40. The Morgan fingerprint density at radius 1 is 1.03 bits per heavy atom. The molecule has 12 heteroatoms. The van der Waals surface area contributed by atoms with Crippen LogP contribution in [0.15, 0.2) is 76.1 Å². The topological polar surface area (TPSA) is 89.7 Å². The highest BCUT2D eigenvalue weighted by Gasteiger charge is 2.36. The summed E-state index contributed by atoms with van der Waals surface area (Å²) in [6.07, 6.45) is -3.36. The van der Waals surface area contributed by atoms with Gasteiger partial charge in [-0.05, 0) is 53.7 Å². The third-order valence-electron chi connectivity index (χ3n) is 5.04. The summed E-state index contributed by atoms with van der Waals surface area (Å²) in [4.78, 5) is 37.0. The molecule has 7 nitrogen and oxygen atoms in total. The fourth-order valence-electron chi connectivity index (χ4n) is 3.28. The maximum atomic E-state index is 13.0. The van der Waals surface area contributed by atoms with E-state index in [0.29, 0.717) is 17.7 Å². The molecule has 1 heterocycles. The second kappa shape index (κ2) is 10.2. The summed E-state index contributed by atoms with van der Waals surface area (Å²) in [5.74, 6) is -0.875. The van der Waals surface area contributed by atoms with E-state index in [0.717, 1.165) is 32.8 Å². The zero-order valence-corrected chi connectivity index (χ0v) is 20.4. The van der Waals surface area contributed by atoms with Gasteiger partial charge in [0, 0.05) is 16.1 Å². The average molecular weight is 579 g/mol. The normalized spacial score (nSPS) is 15.0. The van der Waals surface area contributed by atoms with Gasteiger partial charge in [-0.1, -0.05) is 46.3 Å². The van der Waals surface area contributed by atoms with Gasteiger partial charge < -0.3 is 4.74 Å². The third kappa shape index (κ3) is 5.60. The van der Waals surface area contributed by atoms with Crippen LogP contribution >= 0.6 is 27.7 Å². The Kier molecular flexibility index (Phi) is 7.18. The number of ether oxygens (including phenoxy) is 1. The van der Waals surface area contributed by atoms with Gasteiger partial charge in [0.2, 0.25) is 5.75 Å². The number of halogens is 4. The van der Waals surface area contributed by atoms with Crippen molar-refractivity contribution in [3.05, 3.63) is 103 Å². The number of rotatable bonds is 6. The van der Waals surface area contributed by atoms with Crippen molar-refractivity contribution >= 4 is 50.6 Å². The average Bonchev–Trinajstić information content (AvgIpc) is 3.08. The summed E-state index contributed by atoms with van der Waals surface area (Å²) in [7, 11) is 0. The van der Waals surface area contributed by atoms with Crippen molar-refractivity contribution in [1.82, 2.24) is 4.90 Å². The van der Waals surface area contributed by atoms with E-state index >= 15 is 0 Å². The molecule has 0 aliphatic carbocycles. The van der Waals surface area contributed by atoms with Crippen molar-refractivity contribution in [3.63, 3.8) is 0 Å². The van der Waals surface area contributed by atoms with Crippen LogP contribution in [0.3, 0.4) is 0 Å². The zero-order valence-electron chi connectivity index (χ0n) is 18.0. The number of carbonyl (C=O) groups is 2. The number of hydrogen-bond donors (Lipinski definition) is 0. The molecule has 0 spiro atoms. The van der Waals surface area contributed by atoms with Crippen LogP contribution < -0.4 is 4.74 Å². The first-order valence-corrected chi connectivity index (χ1v) is 11.8. The predicted octanol–water partition coefficient (Wildman–Crippen LogP) is 7.40. The maximum absolute atomic E-state index is 13.0. The van der Waals surface area contributed by atoms with Crippen LogP contribution in [0.4, 0.5) is 23.7 Å². The summed E-state index contributed by atoms with van der Waals surface area (Å²) < 4.78 is 45.4. The monoisotopic (exact) mass is 578 g/mol. The second-order valence-electron chi connectivity index (χ2n) is 7.47. The molecular formula is C24H14BrF3N2O5S. The van der Waals surface area contributed by atoms with Crippen LogP contribution in [-0.2, 0) is 17.5 Å². The number of hydrogen-bond acceptors (Lipinski definition) is 6. The molecule has 1 aliphatic rings. The standard InChI is InChI=1S/C24H14BrF3N2O5S/c25-17-8-5-14(6-9-17)13-29-22(31)21(36-23(29)32)11-15-3-1-2-4-19(15)35-20-10-7-16(24(26,27)28)12-18(20)30(33)34/h1-12H,13H2/b21-11+. The van der Waals surface area contributed by atoms with Gasteiger partial charge in [-0.15, -0.1) is 0 Å². The predicted molar refractivity (Wildman–Crippen MR) is 130 cm³/mol. The number of thioether (sulfide) groups is 1. The van der Waals surface area contributed by atoms with Crippen LogP contribution in [0.2, 0.25) is 0 Å². The lowest BCUT2D eigenvalue weighted by Crippen LogP contribution is -2.27. The molecule has 0 saturated carbocycles. The molecule has 1 saturated heterocycles. The van der Waals surface area contributed by atoms with Crippen LogP contribution in [-0.4, -0.2) is 21.0 Å². The number of nitro groups is 1. The molecule has 2 amide bonds. The number of nitro benzene ring substituents is 1. The van der Waals surface area contributed by atoms with Crippen LogP contribution in [0, 0.1) is 10.1 Å². The van der Waals surface area contributed by atoms with Crippen molar-refractivity contribution in [1.29, 1.82) is 0 Å². The first kappa shape index (κ1) is 25.5. The molecule has 3 aromatic rings. The second-order valence-corrected chi connectivity index (χ2v) is 9.38. The minimum Gasteiger partial charge on any atom is -0.449 e. The molecule has 1 fully saturated rings. The third-order valence-corrected chi connectivity index (χ3v) is 6.47. The number of imide groups is 1. The number of nitrogens with zero attached hydrogens (tertiary/aromatic N) is 2. The van der Waals surface area contributed by atoms with Gasteiger partial charge in [0.1, 0.15) is 5.75 Å². The van der Waals surface area contributed by atoms with Gasteiger partial charge in [0.05, 0.1) is 21.9 Å². The number of benzene rings is 3. The van der Waals surface area contributed by atoms with Gasteiger partial charge in [0.25, 0.3) is 11.1 Å². The fourth-order valence-corrected chi connectivity index (χ4v) is 4.38. The van der Waals surface area contributed by atoms with E-state index in [2.05, 4.69) is 15.9 Å². The molecule has 0 atom stereocenters. The highest BCUT2D eigenvalue weighted by molar-refractivity contribution is 9.10. The van der Waals surface area contributed by atoms with E-state index in [1.165, 1.54) is 12.1 Å².